The molecule has 1 unspecified atom stereocenters. The number of ether oxygens (including phenoxy) is 1. The van der Waals surface area contributed by atoms with Crippen LogP contribution >= 0.6 is 35.3 Å². The molecular weight excluding hydrogens is 471 g/mol. The van der Waals surface area contributed by atoms with Gasteiger partial charge in [-0.1, -0.05) is 13.0 Å². The van der Waals surface area contributed by atoms with Crippen LogP contribution in [-0.2, 0) is 0 Å². The van der Waals surface area contributed by atoms with E-state index in [-0.39, 0.29) is 24.0 Å². The van der Waals surface area contributed by atoms with Crippen molar-refractivity contribution in [3.8, 4) is 5.75 Å². The van der Waals surface area contributed by atoms with Gasteiger partial charge in [-0.15, -0.1) is 35.3 Å². The van der Waals surface area contributed by atoms with E-state index >= 15 is 0 Å². The number of piperazine rings is 1. The van der Waals surface area contributed by atoms with Crippen LogP contribution in [0.3, 0.4) is 0 Å². The van der Waals surface area contributed by atoms with Gasteiger partial charge in [0.1, 0.15) is 5.75 Å². The van der Waals surface area contributed by atoms with E-state index in [4.69, 9.17) is 4.74 Å². The number of thiophene rings is 1. The van der Waals surface area contributed by atoms with Crippen LogP contribution < -0.4 is 15.0 Å². The van der Waals surface area contributed by atoms with Gasteiger partial charge in [-0.3, -0.25) is 4.99 Å². The predicted molar refractivity (Wildman–Crippen MR) is 126 cm³/mol. The number of hydrogen-bond donors (Lipinski definition) is 1. The van der Waals surface area contributed by atoms with Crippen LogP contribution in [0, 0.1) is 0 Å². The Labute approximate surface area is 183 Å². The minimum Gasteiger partial charge on any atom is -0.497 e. The lowest BCUT2D eigenvalue weighted by Gasteiger charge is -2.38. The molecule has 27 heavy (non-hydrogen) atoms. The van der Waals surface area contributed by atoms with E-state index < -0.39 is 0 Å². The van der Waals surface area contributed by atoms with Gasteiger partial charge in [0.05, 0.1) is 7.11 Å². The fourth-order valence-electron chi connectivity index (χ4n) is 3.22. The summed E-state index contributed by atoms with van der Waals surface area (Å²) in [6.45, 7) is 7.10. The Bertz CT molecular complexity index is 697. The number of anilines is 1. The van der Waals surface area contributed by atoms with E-state index in [1.54, 1.807) is 7.11 Å². The van der Waals surface area contributed by atoms with Crippen molar-refractivity contribution in [1.82, 2.24) is 10.2 Å². The average molecular weight is 500 g/mol. The quantitative estimate of drug-likeness (QED) is 0.385. The van der Waals surface area contributed by atoms with Crippen molar-refractivity contribution >= 4 is 47.0 Å². The molecule has 1 aromatic carbocycles. The first-order chi connectivity index (χ1) is 12.7. The highest BCUT2D eigenvalue weighted by molar-refractivity contribution is 14.0. The van der Waals surface area contributed by atoms with E-state index in [0.717, 1.165) is 44.4 Å². The topological polar surface area (TPSA) is 40.1 Å². The van der Waals surface area contributed by atoms with Gasteiger partial charge in [-0.25, -0.2) is 0 Å². The van der Waals surface area contributed by atoms with Gasteiger partial charge in [0, 0.05) is 56.3 Å². The molecule has 1 aliphatic rings. The SMILES string of the molecule is CN=C(NCC(C)c1cccs1)N1CCN(c2ccc(OC)cc2)CC1.I. The first kappa shape index (κ1) is 21.8. The summed E-state index contributed by atoms with van der Waals surface area (Å²) >= 11 is 1.82. The van der Waals surface area contributed by atoms with Crippen molar-refractivity contribution in [2.45, 2.75) is 12.8 Å². The highest BCUT2D eigenvalue weighted by Crippen LogP contribution is 2.21. The maximum atomic E-state index is 5.24. The van der Waals surface area contributed by atoms with Crippen LogP contribution in [-0.4, -0.2) is 57.7 Å². The molecule has 0 amide bonds. The summed E-state index contributed by atoms with van der Waals surface area (Å²) in [5.41, 5.74) is 1.25. The van der Waals surface area contributed by atoms with Crippen LogP contribution in [0.25, 0.3) is 0 Å². The van der Waals surface area contributed by atoms with E-state index in [1.165, 1.54) is 10.6 Å². The molecule has 1 saturated heterocycles. The second kappa shape index (κ2) is 10.8. The number of rotatable bonds is 5. The van der Waals surface area contributed by atoms with Crippen LogP contribution in [0.4, 0.5) is 5.69 Å². The molecule has 1 aliphatic heterocycles. The number of methoxy groups -OCH3 is 1. The van der Waals surface area contributed by atoms with Crippen molar-refractivity contribution in [3.63, 3.8) is 0 Å². The zero-order valence-corrected chi connectivity index (χ0v) is 19.4. The fraction of sp³-hybridized carbons (Fsp3) is 0.450. The lowest BCUT2D eigenvalue weighted by atomic mass is 10.1. The number of halogens is 1. The van der Waals surface area contributed by atoms with Crippen molar-refractivity contribution in [2.24, 2.45) is 4.99 Å². The molecule has 148 valence electrons. The first-order valence-corrected chi connectivity index (χ1v) is 9.97. The standard InChI is InChI=1S/C20H28N4OS.HI/c1-16(19-5-4-14-26-19)15-22-20(21-2)24-12-10-23(11-13-24)17-6-8-18(25-3)9-7-17;/h4-9,14,16H,10-13,15H2,1-3H3,(H,21,22);1H. The van der Waals surface area contributed by atoms with Crippen molar-refractivity contribution in [2.75, 3.05) is 51.8 Å². The Balaban J connectivity index is 0.00000261. The first-order valence-electron chi connectivity index (χ1n) is 9.09. The third-order valence-corrected chi connectivity index (χ3v) is 5.93. The molecule has 0 radical (unpaired) electrons. The summed E-state index contributed by atoms with van der Waals surface area (Å²) in [5.74, 6) is 2.40. The molecule has 1 N–H and O–H groups in total. The molecule has 1 fully saturated rings. The van der Waals surface area contributed by atoms with E-state index in [1.807, 2.05) is 30.5 Å². The minimum absolute atomic E-state index is 0. The molecule has 5 nitrogen and oxygen atoms in total. The third kappa shape index (κ3) is 5.75. The molecule has 1 aromatic heterocycles. The number of nitrogens with one attached hydrogen (secondary N) is 1. The van der Waals surface area contributed by atoms with Crippen molar-refractivity contribution in [1.29, 1.82) is 0 Å². The second-order valence-electron chi connectivity index (χ2n) is 6.52. The molecule has 0 saturated carbocycles. The molecule has 1 atom stereocenters. The summed E-state index contributed by atoms with van der Waals surface area (Å²) < 4.78 is 5.24. The summed E-state index contributed by atoms with van der Waals surface area (Å²) in [7, 11) is 3.57. The monoisotopic (exact) mass is 500 g/mol. The number of aliphatic imine (C=N–C) groups is 1. The zero-order chi connectivity index (χ0) is 18.4. The smallest absolute Gasteiger partial charge is 0.193 e. The third-order valence-electron chi connectivity index (χ3n) is 4.82. The van der Waals surface area contributed by atoms with Crippen LogP contribution in [0.15, 0.2) is 46.8 Å². The molecule has 2 heterocycles. The van der Waals surface area contributed by atoms with Gasteiger partial charge in [-0.05, 0) is 35.7 Å². The normalized spacial score (nSPS) is 15.9. The van der Waals surface area contributed by atoms with Gasteiger partial charge < -0.3 is 19.9 Å². The largest absolute Gasteiger partial charge is 0.497 e. The molecule has 0 aliphatic carbocycles. The summed E-state index contributed by atoms with van der Waals surface area (Å²) in [4.78, 5) is 10.7. The summed E-state index contributed by atoms with van der Waals surface area (Å²) in [5, 5.41) is 5.68. The van der Waals surface area contributed by atoms with E-state index in [2.05, 4.69) is 56.7 Å². The average Bonchev–Trinajstić information content (AvgIpc) is 3.24. The van der Waals surface area contributed by atoms with E-state index in [9.17, 15) is 0 Å². The van der Waals surface area contributed by atoms with E-state index in [0.29, 0.717) is 5.92 Å². The lowest BCUT2D eigenvalue weighted by molar-refractivity contribution is 0.371. The maximum absolute atomic E-state index is 5.24. The molecule has 7 heteroatoms. The second-order valence-corrected chi connectivity index (χ2v) is 7.50. The van der Waals surface area contributed by atoms with Gasteiger partial charge in [0.15, 0.2) is 5.96 Å². The van der Waals surface area contributed by atoms with Crippen molar-refractivity contribution in [3.05, 3.63) is 46.7 Å². The zero-order valence-electron chi connectivity index (χ0n) is 16.2. The molecule has 0 bridgehead atoms. The van der Waals surface area contributed by atoms with Gasteiger partial charge in [0.2, 0.25) is 0 Å². The Hall–Kier alpha value is -1.48. The van der Waals surface area contributed by atoms with Crippen molar-refractivity contribution < 1.29 is 4.74 Å². The lowest BCUT2D eigenvalue weighted by Crippen LogP contribution is -2.53. The number of hydrogen-bond acceptors (Lipinski definition) is 4. The van der Waals surface area contributed by atoms with Crippen LogP contribution in [0.2, 0.25) is 0 Å². The van der Waals surface area contributed by atoms with Crippen LogP contribution in [0.1, 0.15) is 17.7 Å². The maximum Gasteiger partial charge on any atom is 0.193 e. The van der Waals surface area contributed by atoms with Gasteiger partial charge >= 0.3 is 0 Å². The Morgan fingerprint density at radius 2 is 1.89 bits per heavy atom. The summed E-state index contributed by atoms with van der Waals surface area (Å²) in [6.07, 6.45) is 0. The fourth-order valence-corrected chi connectivity index (χ4v) is 4.01. The highest BCUT2D eigenvalue weighted by atomic mass is 127. The molecular formula is C20H29IN4OS. The Kier molecular flexibility index (Phi) is 8.69. The predicted octanol–water partition coefficient (Wildman–Crippen LogP) is 3.88. The van der Waals surface area contributed by atoms with Crippen LogP contribution in [0.5, 0.6) is 5.75 Å². The number of guanidine groups is 1. The number of nitrogens with zero attached hydrogens (tertiary/aromatic N) is 3. The summed E-state index contributed by atoms with van der Waals surface area (Å²) in [6, 6.07) is 12.6. The van der Waals surface area contributed by atoms with Gasteiger partial charge in [0.25, 0.3) is 0 Å². The minimum atomic E-state index is 0. The Morgan fingerprint density at radius 3 is 2.44 bits per heavy atom. The highest BCUT2D eigenvalue weighted by Gasteiger charge is 2.20. The molecule has 2 aromatic rings. The Morgan fingerprint density at radius 1 is 1.19 bits per heavy atom. The van der Waals surface area contributed by atoms with Gasteiger partial charge in [-0.2, -0.15) is 0 Å². The number of benzene rings is 1. The molecule has 0 spiro atoms. The molecule has 3 rings (SSSR count).